The molecular weight excluding hydrogens is 396 g/mol. The number of rotatable bonds is 8. The van der Waals surface area contributed by atoms with E-state index in [4.69, 9.17) is 4.42 Å². The van der Waals surface area contributed by atoms with Crippen LogP contribution in [0.4, 0.5) is 5.69 Å². The molecule has 1 aliphatic rings. The number of carbonyl (C=O) groups is 1. The Kier molecular flexibility index (Phi) is 7.20. The Bertz CT molecular complexity index is 858. The van der Waals surface area contributed by atoms with Crippen molar-refractivity contribution in [1.82, 2.24) is 4.31 Å². The molecule has 1 heterocycles. The first-order valence-corrected chi connectivity index (χ1v) is 12.0. The Morgan fingerprint density at radius 2 is 1.89 bits per heavy atom. The molecule has 8 heteroatoms. The van der Waals surface area contributed by atoms with Gasteiger partial charge in [0.2, 0.25) is 15.9 Å². The predicted octanol–water partition coefficient (Wildman–Crippen LogP) is 4.10. The molecule has 152 valence electrons. The molecule has 0 aliphatic heterocycles. The molecular formula is C20H26N2O4S2. The van der Waals surface area contributed by atoms with E-state index in [0.29, 0.717) is 17.2 Å². The van der Waals surface area contributed by atoms with Crippen LogP contribution in [0.25, 0.3) is 0 Å². The molecule has 2 aromatic rings. The Morgan fingerprint density at radius 3 is 2.54 bits per heavy atom. The number of furan rings is 1. The lowest BCUT2D eigenvalue weighted by atomic mass is 9.96. The highest BCUT2D eigenvalue weighted by molar-refractivity contribution is 7.99. The quantitative estimate of drug-likeness (QED) is 0.693. The first kappa shape index (κ1) is 21.0. The molecule has 0 unspecified atom stereocenters. The first-order chi connectivity index (χ1) is 13.5. The second-order valence-electron chi connectivity index (χ2n) is 6.96. The maximum Gasteiger partial charge on any atom is 0.243 e. The van der Waals surface area contributed by atoms with Gasteiger partial charge in [-0.1, -0.05) is 19.3 Å². The monoisotopic (exact) mass is 422 g/mol. The minimum atomic E-state index is -3.52. The number of nitrogens with zero attached hydrogens (tertiary/aromatic N) is 1. The summed E-state index contributed by atoms with van der Waals surface area (Å²) in [5.41, 5.74) is 0.586. The second kappa shape index (κ2) is 9.62. The summed E-state index contributed by atoms with van der Waals surface area (Å²) in [6, 6.07) is 10.1. The fourth-order valence-electron chi connectivity index (χ4n) is 3.35. The summed E-state index contributed by atoms with van der Waals surface area (Å²) in [5.74, 6) is 1.62. The lowest BCUT2D eigenvalue weighted by molar-refractivity contribution is -0.113. The number of carbonyl (C=O) groups excluding carboxylic acids is 1. The lowest BCUT2D eigenvalue weighted by Crippen LogP contribution is -2.38. The first-order valence-electron chi connectivity index (χ1n) is 9.45. The molecule has 1 aliphatic carbocycles. The zero-order chi connectivity index (χ0) is 20.0. The van der Waals surface area contributed by atoms with Crippen molar-refractivity contribution in [3.8, 4) is 0 Å². The summed E-state index contributed by atoms with van der Waals surface area (Å²) in [4.78, 5) is 12.3. The summed E-state index contributed by atoms with van der Waals surface area (Å²) in [7, 11) is -1.85. The van der Waals surface area contributed by atoms with Crippen LogP contribution in [0.15, 0.2) is 52.0 Å². The topological polar surface area (TPSA) is 79.6 Å². The highest BCUT2D eigenvalue weighted by Gasteiger charge is 2.28. The van der Waals surface area contributed by atoms with E-state index in [0.717, 1.165) is 31.4 Å². The molecule has 0 bridgehead atoms. The van der Waals surface area contributed by atoms with E-state index in [1.165, 1.54) is 22.5 Å². The molecule has 28 heavy (non-hydrogen) atoms. The molecule has 1 fully saturated rings. The van der Waals surface area contributed by atoms with Crippen LogP contribution in [-0.4, -0.2) is 37.5 Å². The van der Waals surface area contributed by atoms with E-state index >= 15 is 0 Å². The maximum atomic E-state index is 12.8. The van der Waals surface area contributed by atoms with Crippen LogP contribution in [0.3, 0.4) is 0 Å². The molecule has 1 aromatic carbocycles. The third kappa shape index (κ3) is 5.40. The number of hydrogen-bond acceptors (Lipinski definition) is 5. The molecule has 0 saturated heterocycles. The van der Waals surface area contributed by atoms with Crippen molar-refractivity contribution < 1.29 is 17.6 Å². The second-order valence-corrected chi connectivity index (χ2v) is 9.94. The Morgan fingerprint density at radius 1 is 1.18 bits per heavy atom. The van der Waals surface area contributed by atoms with Crippen LogP contribution in [0.5, 0.6) is 0 Å². The maximum absolute atomic E-state index is 12.8. The van der Waals surface area contributed by atoms with Gasteiger partial charge in [0.1, 0.15) is 5.76 Å². The van der Waals surface area contributed by atoms with Crippen molar-refractivity contribution in [1.29, 1.82) is 0 Å². The van der Waals surface area contributed by atoms with Gasteiger partial charge in [0.05, 0.1) is 22.7 Å². The van der Waals surface area contributed by atoms with E-state index in [1.54, 1.807) is 37.6 Å². The summed E-state index contributed by atoms with van der Waals surface area (Å²) in [6.45, 7) is 0. The molecule has 1 saturated carbocycles. The van der Waals surface area contributed by atoms with Crippen molar-refractivity contribution in [2.75, 3.05) is 18.1 Å². The van der Waals surface area contributed by atoms with E-state index in [1.807, 2.05) is 12.1 Å². The molecule has 0 radical (unpaired) electrons. The lowest BCUT2D eigenvalue weighted by Gasteiger charge is -2.30. The van der Waals surface area contributed by atoms with Gasteiger partial charge in [-0.3, -0.25) is 4.79 Å². The van der Waals surface area contributed by atoms with Gasteiger partial charge in [0, 0.05) is 18.8 Å². The summed E-state index contributed by atoms with van der Waals surface area (Å²) in [6.07, 6.45) is 6.77. The molecule has 1 amide bonds. The van der Waals surface area contributed by atoms with Gasteiger partial charge in [0.25, 0.3) is 0 Å². The highest BCUT2D eigenvalue weighted by Crippen LogP contribution is 2.27. The van der Waals surface area contributed by atoms with Gasteiger partial charge in [-0.05, 0) is 49.2 Å². The van der Waals surface area contributed by atoms with Crippen molar-refractivity contribution in [3.05, 3.63) is 48.4 Å². The normalized spacial score (nSPS) is 15.6. The minimum absolute atomic E-state index is 0.0734. The van der Waals surface area contributed by atoms with Crippen LogP contribution in [0.2, 0.25) is 0 Å². The molecule has 0 atom stereocenters. The molecule has 3 rings (SSSR count). The number of hydrogen-bond donors (Lipinski definition) is 1. The third-order valence-electron chi connectivity index (χ3n) is 4.96. The fourth-order valence-corrected chi connectivity index (χ4v) is 5.49. The van der Waals surface area contributed by atoms with Crippen LogP contribution < -0.4 is 5.32 Å². The summed E-state index contributed by atoms with van der Waals surface area (Å²) in [5, 5.41) is 2.79. The predicted molar refractivity (Wildman–Crippen MR) is 112 cm³/mol. The van der Waals surface area contributed by atoms with Crippen molar-refractivity contribution in [2.45, 2.75) is 48.8 Å². The standard InChI is InChI=1S/C20H26N2O4S2/c1-22(17-6-3-2-4-7-17)28(24,25)19-11-9-16(10-12-19)21-20(23)15-27-14-18-8-5-13-26-18/h5,8-13,17H,2-4,6-7,14-15H2,1H3,(H,21,23). The van der Waals surface area contributed by atoms with Crippen molar-refractivity contribution in [3.63, 3.8) is 0 Å². The average Bonchev–Trinajstić information content (AvgIpc) is 3.22. The van der Waals surface area contributed by atoms with E-state index in [2.05, 4.69) is 5.32 Å². The van der Waals surface area contributed by atoms with Gasteiger partial charge in [-0.2, -0.15) is 4.31 Å². The Balaban J connectivity index is 1.54. The Labute approximate surface area is 170 Å². The molecule has 1 N–H and O–H groups in total. The van der Waals surface area contributed by atoms with E-state index < -0.39 is 10.0 Å². The van der Waals surface area contributed by atoms with E-state index in [9.17, 15) is 13.2 Å². The van der Waals surface area contributed by atoms with Gasteiger partial charge < -0.3 is 9.73 Å². The zero-order valence-electron chi connectivity index (χ0n) is 16.0. The van der Waals surface area contributed by atoms with Crippen molar-refractivity contribution >= 4 is 33.4 Å². The van der Waals surface area contributed by atoms with Gasteiger partial charge >= 0.3 is 0 Å². The third-order valence-corrected chi connectivity index (χ3v) is 7.84. The SMILES string of the molecule is CN(C1CCCCC1)S(=O)(=O)c1ccc(NC(=O)CSCc2ccco2)cc1. The zero-order valence-corrected chi connectivity index (χ0v) is 17.6. The van der Waals surface area contributed by atoms with Gasteiger partial charge in [-0.15, -0.1) is 11.8 Å². The van der Waals surface area contributed by atoms with Crippen LogP contribution in [0, 0.1) is 0 Å². The van der Waals surface area contributed by atoms with E-state index in [-0.39, 0.29) is 16.8 Å². The molecule has 0 spiro atoms. The molecule has 1 aromatic heterocycles. The number of nitrogens with one attached hydrogen (secondary N) is 1. The van der Waals surface area contributed by atoms with Crippen molar-refractivity contribution in [2.24, 2.45) is 0 Å². The number of thioether (sulfide) groups is 1. The van der Waals surface area contributed by atoms with Crippen LogP contribution >= 0.6 is 11.8 Å². The molecule has 6 nitrogen and oxygen atoms in total. The summed E-state index contributed by atoms with van der Waals surface area (Å²) >= 11 is 1.46. The fraction of sp³-hybridized carbons (Fsp3) is 0.450. The average molecular weight is 423 g/mol. The van der Waals surface area contributed by atoms with Gasteiger partial charge in [-0.25, -0.2) is 8.42 Å². The van der Waals surface area contributed by atoms with Crippen LogP contribution in [-0.2, 0) is 20.6 Å². The number of sulfonamides is 1. The smallest absolute Gasteiger partial charge is 0.243 e. The Hall–Kier alpha value is -1.77. The number of amides is 1. The highest BCUT2D eigenvalue weighted by atomic mass is 32.2. The summed E-state index contributed by atoms with van der Waals surface area (Å²) < 4.78 is 32.4. The number of anilines is 1. The minimum Gasteiger partial charge on any atom is -0.468 e. The largest absolute Gasteiger partial charge is 0.468 e. The van der Waals surface area contributed by atoms with Crippen LogP contribution in [0.1, 0.15) is 37.9 Å². The number of benzene rings is 1. The van der Waals surface area contributed by atoms with Gasteiger partial charge in [0.15, 0.2) is 0 Å².